The van der Waals surface area contributed by atoms with Crippen molar-refractivity contribution in [3.8, 4) is 0 Å². The van der Waals surface area contributed by atoms with Gasteiger partial charge < -0.3 is 5.73 Å². The summed E-state index contributed by atoms with van der Waals surface area (Å²) in [6.45, 7) is 7.62. The summed E-state index contributed by atoms with van der Waals surface area (Å²) in [4.78, 5) is 4.19. The van der Waals surface area contributed by atoms with Gasteiger partial charge in [-0.3, -0.25) is 4.68 Å². The summed E-state index contributed by atoms with van der Waals surface area (Å²) in [6.07, 6.45) is 2.67. The van der Waals surface area contributed by atoms with E-state index in [1.807, 2.05) is 11.6 Å². The standard InChI is InChI=1S/C12H20N6/c1-4-10-6-11(18(5-2)15-10)7-17-8-14-12(16-17)9(3)13/h6,8-9H,4-5,7,13H2,1-3H3. The van der Waals surface area contributed by atoms with Crippen molar-refractivity contribution in [3.05, 3.63) is 29.6 Å². The first-order valence-corrected chi connectivity index (χ1v) is 6.34. The van der Waals surface area contributed by atoms with Crippen molar-refractivity contribution in [2.24, 2.45) is 5.73 Å². The van der Waals surface area contributed by atoms with E-state index in [9.17, 15) is 0 Å². The molecule has 0 bridgehead atoms. The molecule has 0 aliphatic heterocycles. The van der Waals surface area contributed by atoms with Gasteiger partial charge in [0.2, 0.25) is 0 Å². The Morgan fingerprint density at radius 1 is 1.33 bits per heavy atom. The Hall–Kier alpha value is -1.69. The van der Waals surface area contributed by atoms with Crippen LogP contribution in [0.3, 0.4) is 0 Å². The second-order valence-electron chi connectivity index (χ2n) is 4.39. The van der Waals surface area contributed by atoms with Crippen molar-refractivity contribution >= 4 is 0 Å². The number of hydrogen-bond acceptors (Lipinski definition) is 4. The van der Waals surface area contributed by atoms with Gasteiger partial charge >= 0.3 is 0 Å². The average Bonchev–Trinajstić information content (AvgIpc) is 2.96. The molecule has 0 saturated heterocycles. The van der Waals surface area contributed by atoms with Crippen LogP contribution < -0.4 is 5.73 Å². The zero-order chi connectivity index (χ0) is 13.1. The van der Waals surface area contributed by atoms with Crippen LogP contribution in [0.1, 0.15) is 44.0 Å². The van der Waals surface area contributed by atoms with Gasteiger partial charge in [0.15, 0.2) is 5.82 Å². The van der Waals surface area contributed by atoms with E-state index in [1.165, 1.54) is 0 Å². The number of rotatable bonds is 5. The highest BCUT2D eigenvalue weighted by molar-refractivity contribution is 5.10. The lowest BCUT2D eigenvalue weighted by Gasteiger charge is -2.04. The molecule has 0 aromatic carbocycles. The van der Waals surface area contributed by atoms with Crippen molar-refractivity contribution in [2.75, 3.05) is 0 Å². The van der Waals surface area contributed by atoms with Gasteiger partial charge in [0.1, 0.15) is 6.33 Å². The van der Waals surface area contributed by atoms with Crippen LogP contribution in [-0.2, 0) is 19.5 Å². The van der Waals surface area contributed by atoms with E-state index in [-0.39, 0.29) is 6.04 Å². The highest BCUT2D eigenvalue weighted by Crippen LogP contribution is 2.08. The number of nitrogens with zero attached hydrogens (tertiary/aromatic N) is 5. The third kappa shape index (κ3) is 2.59. The zero-order valence-electron chi connectivity index (χ0n) is 11.2. The number of hydrogen-bond donors (Lipinski definition) is 1. The minimum Gasteiger partial charge on any atom is -0.321 e. The smallest absolute Gasteiger partial charge is 0.166 e. The molecule has 0 saturated carbocycles. The highest BCUT2D eigenvalue weighted by Gasteiger charge is 2.09. The van der Waals surface area contributed by atoms with E-state index in [2.05, 4.69) is 35.1 Å². The SMILES string of the molecule is CCc1cc(Cn2cnc(C(C)N)n2)n(CC)n1. The lowest BCUT2D eigenvalue weighted by Crippen LogP contribution is -2.10. The van der Waals surface area contributed by atoms with Crippen LogP contribution in [0.25, 0.3) is 0 Å². The molecule has 2 rings (SSSR count). The van der Waals surface area contributed by atoms with Crippen molar-refractivity contribution in [3.63, 3.8) is 0 Å². The molecule has 2 heterocycles. The fourth-order valence-corrected chi connectivity index (χ4v) is 1.85. The van der Waals surface area contributed by atoms with Gasteiger partial charge in [0.05, 0.1) is 24.0 Å². The Morgan fingerprint density at radius 3 is 2.67 bits per heavy atom. The minimum absolute atomic E-state index is 0.131. The van der Waals surface area contributed by atoms with Gasteiger partial charge in [0, 0.05) is 6.54 Å². The Balaban J connectivity index is 2.19. The van der Waals surface area contributed by atoms with E-state index in [0.717, 1.165) is 24.4 Å². The Kier molecular flexibility index (Phi) is 3.76. The summed E-state index contributed by atoms with van der Waals surface area (Å²) in [5.41, 5.74) is 8.01. The molecule has 1 atom stereocenters. The van der Waals surface area contributed by atoms with Crippen LogP contribution in [0.15, 0.2) is 12.4 Å². The maximum absolute atomic E-state index is 5.75. The monoisotopic (exact) mass is 248 g/mol. The molecule has 1 unspecified atom stereocenters. The predicted molar refractivity (Wildman–Crippen MR) is 69.0 cm³/mol. The van der Waals surface area contributed by atoms with E-state index < -0.39 is 0 Å². The largest absolute Gasteiger partial charge is 0.321 e. The summed E-state index contributed by atoms with van der Waals surface area (Å²) in [5, 5.41) is 8.87. The summed E-state index contributed by atoms with van der Waals surface area (Å²) in [6, 6.07) is 1.99. The molecule has 18 heavy (non-hydrogen) atoms. The maximum Gasteiger partial charge on any atom is 0.166 e. The van der Waals surface area contributed by atoms with Gasteiger partial charge in [-0.2, -0.15) is 10.2 Å². The number of aryl methyl sites for hydroxylation is 2. The lowest BCUT2D eigenvalue weighted by atomic mass is 10.3. The van der Waals surface area contributed by atoms with Gasteiger partial charge in [-0.15, -0.1) is 0 Å². The molecule has 2 aromatic heterocycles. The van der Waals surface area contributed by atoms with E-state index in [0.29, 0.717) is 12.4 Å². The summed E-state index contributed by atoms with van der Waals surface area (Å²) in [5.74, 6) is 0.674. The maximum atomic E-state index is 5.75. The van der Waals surface area contributed by atoms with Crippen molar-refractivity contribution < 1.29 is 0 Å². The van der Waals surface area contributed by atoms with E-state index in [4.69, 9.17) is 5.73 Å². The van der Waals surface area contributed by atoms with Crippen molar-refractivity contribution in [2.45, 2.75) is 46.3 Å². The third-order valence-corrected chi connectivity index (χ3v) is 2.86. The molecular weight excluding hydrogens is 228 g/mol. The number of aromatic nitrogens is 5. The summed E-state index contributed by atoms with van der Waals surface area (Å²) in [7, 11) is 0. The summed E-state index contributed by atoms with van der Waals surface area (Å²) < 4.78 is 3.81. The zero-order valence-corrected chi connectivity index (χ0v) is 11.2. The molecule has 0 fully saturated rings. The molecule has 0 spiro atoms. The normalized spacial score (nSPS) is 12.9. The average molecular weight is 248 g/mol. The minimum atomic E-state index is -0.131. The molecule has 6 heteroatoms. The molecule has 0 aliphatic rings. The Morgan fingerprint density at radius 2 is 2.11 bits per heavy atom. The van der Waals surface area contributed by atoms with E-state index in [1.54, 1.807) is 11.0 Å². The molecular formula is C12H20N6. The van der Waals surface area contributed by atoms with Crippen molar-refractivity contribution in [1.82, 2.24) is 24.5 Å². The highest BCUT2D eigenvalue weighted by atomic mass is 15.4. The van der Waals surface area contributed by atoms with Gasteiger partial charge in [-0.05, 0) is 26.3 Å². The Labute approximate surface area is 107 Å². The van der Waals surface area contributed by atoms with Crippen LogP contribution in [0.4, 0.5) is 0 Å². The fraction of sp³-hybridized carbons (Fsp3) is 0.583. The first-order valence-electron chi connectivity index (χ1n) is 6.34. The quantitative estimate of drug-likeness (QED) is 0.860. The van der Waals surface area contributed by atoms with Gasteiger partial charge in [-0.1, -0.05) is 6.92 Å². The molecule has 2 aromatic rings. The van der Waals surface area contributed by atoms with Crippen LogP contribution in [-0.4, -0.2) is 24.5 Å². The van der Waals surface area contributed by atoms with Crippen LogP contribution in [0.5, 0.6) is 0 Å². The molecule has 98 valence electrons. The first kappa shape index (κ1) is 12.8. The molecule has 2 N–H and O–H groups in total. The van der Waals surface area contributed by atoms with Crippen LogP contribution >= 0.6 is 0 Å². The summed E-state index contributed by atoms with van der Waals surface area (Å²) >= 11 is 0. The third-order valence-electron chi connectivity index (χ3n) is 2.86. The lowest BCUT2D eigenvalue weighted by molar-refractivity contribution is 0.567. The molecule has 0 radical (unpaired) electrons. The first-order chi connectivity index (χ1) is 8.63. The topological polar surface area (TPSA) is 74.6 Å². The van der Waals surface area contributed by atoms with Gasteiger partial charge in [0.25, 0.3) is 0 Å². The fourth-order valence-electron chi connectivity index (χ4n) is 1.85. The van der Waals surface area contributed by atoms with Gasteiger partial charge in [-0.25, -0.2) is 9.67 Å². The van der Waals surface area contributed by atoms with Crippen LogP contribution in [0.2, 0.25) is 0 Å². The van der Waals surface area contributed by atoms with Crippen LogP contribution in [0, 0.1) is 0 Å². The van der Waals surface area contributed by atoms with Crippen molar-refractivity contribution in [1.29, 1.82) is 0 Å². The second-order valence-corrected chi connectivity index (χ2v) is 4.39. The molecule has 6 nitrogen and oxygen atoms in total. The number of nitrogens with two attached hydrogens (primary N) is 1. The Bertz CT molecular complexity index is 510. The molecule has 0 aliphatic carbocycles. The second kappa shape index (κ2) is 5.30. The molecule has 0 amide bonds. The van der Waals surface area contributed by atoms with E-state index >= 15 is 0 Å². The predicted octanol–water partition coefficient (Wildman–Crippen LogP) is 1.12.